The van der Waals surface area contributed by atoms with Crippen LogP contribution in [-0.4, -0.2) is 30.6 Å². The van der Waals surface area contributed by atoms with Gasteiger partial charge in [0.15, 0.2) is 0 Å². The quantitative estimate of drug-likeness (QED) is 0.856. The highest BCUT2D eigenvalue weighted by Gasteiger charge is 2.51. The number of nitrogens with zero attached hydrogens (tertiary/aromatic N) is 1. The smallest absolute Gasteiger partial charge is 0.00935 e. The summed E-state index contributed by atoms with van der Waals surface area (Å²) < 4.78 is 0. The van der Waals surface area contributed by atoms with E-state index < -0.39 is 0 Å². The lowest BCUT2D eigenvalue weighted by Crippen LogP contribution is -2.52. The maximum Gasteiger partial charge on any atom is 0.00935 e. The van der Waals surface area contributed by atoms with Gasteiger partial charge in [0.1, 0.15) is 0 Å². The monoisotopic (exact) mass is 276 g/mol. The topological polar surface area (TPSA) is 29.3 Å². The highest BCUT2D eigenvalue weighted by atomic mass is 15.1. The van der Waals surface area contributed by atoms with Crippen molar-refractivity contribution in [2.24, 2.45) is 28.9 Å². The van der Waals surface area contributed by atoms with E-state index in [1.807, 2.05) is 0 Å². The molecule has 20 heavy (non-hydrogen) atoms. The van der Waals surface area contributed by atoms with Gasteiger partial charge in [-0.05, 0) is 94.4 Å². The molecule has 2 N–H and O–H groups in total. The zero-order valence-corrected chi connectivity index (χ0v) is 13.2. The molecule has 0 aliphatic heterocycles. The number of hydrogen-bond acceptors (Lipinski definition) is 2. The van der Waals surface area contributed by atoms with E-state index in [9.17, 15) is 0 Å². The fourth-order valence-electron chi connectivity index (χ4n) is 6.68. The summed E-state index contributed by atoms with van der Waals surface area (Å²) in [5.41, 5.74) is 6.78. The Balaban J connectivity index is 1.41. The van der Waals surface area contributed by atoms with Crippen molar-refractivity contribution in [3.05, 3.63) is 0 Å². The molecule has 2 nitrogen and oxygen atoms in total. The summed E-state index contributed by atoms with van der Waals surface area (Å²) in [4.78, 5) is 2.74. The van der Waals surface area contributed by atoms with Crippen LogP contribution >= 0.6 is 0 Å². The highest BCUT2D eigenvalue weighted by molar-refractivity contribution is 5.02. The minimum Gasteiger partial charge on any atom is -0.328 e. The molecule has 0 aromatic heterocycles. The van der Waals surface area contributed by atoms with Gasteiger partial charge in [0.2, 0.25) is 0 Å². The van der Waals surface area contributed by atoms with Gasteiger partial charge >= 0.3 is 0 Å². The third-order valence-electron chi connectivity index (χ3n) is 7.11. The second kappa shape index (κ2) is 4.98. The second-order valence-corrected chi connectivity index (χ2v) is 8.90. The van der Waals surface area contributed by atoms with Crippen LogP contribution in [0.3, 0.4) is 0 Å². The average molecular weight is 276 g/mol. The van der Waals surface area contributed by atoms with Crippen LogP contribution in [0, 0.1) is 23.2 Å². The summed E-state index contributed by atoms with van der Waals surface area (Å²) in [7, 11) is 2.40. The molecule has 5 fully saturated rings. The Kier molecular flexibility index (Phi) is 3.38. The second-order valence-electron chi connectivity index (χ2n) is 8.90. The van der Waals surface area contributed by atoms with E-state index in [1.54, 1.807) is 38.5 Å². The van der Waals surface area contributed by atoms with Crippen molar-refractivity contribution in [1.82, 2.24) is 4.90 Å². The summed E-state index contributed by atoms with van der Waals surface area (Å²) in [6.07, 6.45) is 14.5. The molecule has 0 aromatic rings. The van der Waals surface area contributed by atoms with Crippen LogP contribution in [0.1, 0.15) is 64.2 Å². The minimum atomic E-state index is 0.485. The molecule has 0 unspecified atom stereocenters. The van der Waals surface area contributed by atoms with Gasteiger partial charge in [0.25, 0.3) is 0 Å². The van der Waals surface area contributed by atoms with Crippen molar-refractivity contribution >= 4 is 0 Å². The van der Waals surface area contributed by atoms with E-state index in [2.05, 4.69) is 11.9 Å². The Labute approximate surface area is 124 Å². The first kappa shape index (κ1) is 13.6. The maximum atomic E-state index is 6.07. The van der Waals surface area contributed by atoms with Gasteiger partial charge in [0.05, 0.1) is 0 Å². The first-order valence-corrected chi connectivity index (χ1v) is 9.08. The molecule has 4 bridgehead atoms. The Hall–Kier alpha value is -0.0800. The van der Waals surface area contributed by atoms with Crippen molar-refractivity contribution in [2.45, 2.75) is 76.3 Å². The van der Waals surface area contributed by atoms with Crippen LogP contribution in [0.25, 0.3) is 0 Å². The van der Waals surface area contributed by atoms with Crippen LogP contribution < -0.4 is 5.73 Å². The molecule has 0 heterocycles. The summed E-state index contributed by atoms with van der Waals surface area (Å²) in [5, 5.41) is 0. The molecule has 0 spiro atoms. The Bertz CT molecular complexity index is 321. The maximum absolute atomic E-state index is 6.07. The highest BCUT2D eigenvalue weighted by Crippen LogP contribution is 2.60. The van der Waals surface area contributed by atoms with Crippen LogP contribution in [0.2, 0.25) is 0 Å². The van der Waals surface area contributed by atoms with Crippen LogP contribution in [0.4, 0.5) is 0 Å². The van der Waals surface area contributed by atoms with Crippen molar-refractivity contribution in [3.63, 3.8) is 0 Å². The first-order chi connectivity index (χ1) is 9.62. The van der Waals surface area contributed by atoms with Gasteiger partial charge in [-0.3, -0.25) is 0 Å². The Morgan fingerprint density at radius 3 is 1.90 bits per heavy atom. The van der Waals surface area contributed by atoms with E-state index in [1.165, 1.54) is 32.2 Å². The van der Waals surface area contributed by atoms with Crippen molar-refractivity contribution in [3.8, 4) is 0 Å². The molecule has 5 saturated carbocycles. The molecule has 0 saturated heterocycles. The van der Waals surface area contributed by atoms with Crippen molar-refractivity contribution < 1.29 is 0 Å². The lowest BCUT2D eigenvalue weighted by Gasteiger charge is -2.58. The van der Waals surface area contributed by atoms with Gasteiger partial charge in [-0.1, -0.05) is 0 Å². The van der Waals surface area contributed by atoms with Gasteiger partial charge in [0, 0.05) is 18.6 Å². The summed E-state index contributed by atoms with van der Waals surface area (Å²) in [5.74, 6) is 3.28. The molecule has 5 aliphatic rings. The molecule has 0 radical (unpaired) electrons. The van der Waals surface area contributed by atoms with Crippen LogP contribution in [0.15, 0.2) is 0 Å². The largest absolute Gasteiger partial charge is 0.328 e. The lowest BCUT2D eigenvalue weighted by atomic mass is 9.49. The zero-order valence-electron chi connectivity index (χ0n) is 13.2. The Morgan fingerprint density at radius 2 is 1.40 bits per heavy atom. The van der Waals surface area contributed by atoms with Gasteiger partial charge < -0.3 is 10.6 Å². The molecule has 0 amide bonds. The molecule has 5 aliphatic carbocycles. The fraction of sp³-hybridized carbons (Fsp3) is 1.00. The van der Waals surface area contributed by atoms with Gasteiger partial charge in [-0.2, -0.15) is 0 Å². The van der Waals surface area contributed by atoms with Gasteiger partial charge in [-0.15, -0.1) is 0 Å². The number of nitrogens with two attached hydrogens (primary N) is 1. The van der Waals surface area contributed by atoms with Crippen molar-refractivity contribution in [1.29, 1.82) is 0 Å². The predicted molar refractivity (Wildman–Crippen MR) is 83.5 cm³/mol. The molecule has 114 valence electrons. The van der Waals surface area contributed by atoms with E-state index in [0.29, 0.717) is 11.5 Å². The van der Waals surface area contributed by atoms with E-state index in [0.717, 1.165) is 23.8 Å². The van der Waals surface area contributed by atoms with E-state index in [4.69, 9.17) is 5.73 Å². The normalized spacial score (nSPS) is 50.9. The van der Waals surface area contributed by atoms with E-state index >= 15 is 0 Å². The number of rotatable bonds is 3. The molecule has 0 atom stereocenters. The predicted octanol–water partition coefficient (Wildman–Crippen LogP) is 3.40. The van der Waals surface area contributed by atoms with Crippen LogP contribution in [0.5, 0.6) is 0 Å². The third kappa shape index (κ3) is 2.43. The van der Waals surface area contributed by atoms with E-state index in [-0.39, 0.29) is 0 Å². The fourth-order valence-corrected chi connectivity index (χ4v) is 6.68. The summed E-state index contributed by atoms with van der Waals surface area (Å²) in [6, 6.07) is 1.31. The first-order valence-electron chi connectivity index (χ1n) is 9.08. The molecule has 5 rings (SSSR count). The Morgan fingerprint density at radius 1 is 0.900 bits per heavy atom. The summed E-state index contributed by atoms with van der Waals surface area (Å²) >= 11 is 0. The van der Waals surface area contributed by atoms with Crippen LogP contribution in [-0.2, 0) is 0 Å². The number of hydrogen-bond donors (Lipinski definition) is 1. The summed E-state index contributed by atoms with van der Waals surface area (Å²) in [6.45, 7) is 1.39. The minimum absolute atomic E-state index is 0.485. The SMILES string of the molecule is CN(CC12CC3CC(CC(C3)C1)C2)C1CCC(N)CC1. The third-order valence-corrected chi connectivity index (χ3v) is 7.11. The molecular weight excluding hydrogens is 244 g/mol. The average Bonchev–Trinajstić information content (AvgIpc) is 2.37. The molecule has 2 heteroatoms. The molecule has 0 aromatic carbocycles. The zero-order chi connectivity index (χ0) is 13.7. The lowest BCUT2D eigenvalue weighted by molar-refractivity contribution is -0.0723. The standard InChI is InChI=1S/C18H32N2/c1-20(17-4-2-16(19)3-5-17)12-18-9-13-6-14(10-18)8-15(7-13)11-18/h13-17H,2-12,19H2,1H3. The van der Waals surface area contributed by atoms with Gasteiger partial charge in [-0.25, -0.2) is 0 Å². The van der Waals surface area contributed by atoms with Crippen molar-refractivity contribution in [2.75, 3.05) is 13.6 Å². The molecular formula is C18H32N2.